The van der Waals surface area contributed by atoms with Crippen molar-refractivity contribution in [2.75, 3.05) is 19.8 Å². The summed E-state index contributed by atoms with van der Waals surface area (Å²) in [4.78, 5) is 13.5. The minimum Gasteiger partial charge on any atom is -0.394 e. The van der Waals surface area contributed by atoms with Crippen LogP contribution in [0, 0.1) is 0 Å². The van der Waals surface area contributed by atoms with Crippen molar-refractivity contribution in [3.05, 3.63) is 0 Å². The van der Waals surface area contributed by atoms with Gasteiger partial charge in [-0.3, -0.25) is 4.79 Å². The Morgan fingerprint density at radius 1 is 0.452 bits per heavy atom. The van der Waals surface area contributed by atoms with Gasteiger partial charge in [0.25, 0.3) is 0 Å². The Balaban J connectivity index is 1.87. The van der Waals surface area contributed by atoms with Crippen molar-refractivity contribution >= 4 is 5.91 Å². The molecule has 0 aromatic rings. The minimum atomic E-state index is -1.87. The molecular weight excluding hydrogens is 939 g/mol. The van der Waals surface area contributed by atoms with Crippen molar-refractivity contribution in [1.82, 2.24) is 5.32 Å². The lowest BCUT2D eigenvalue weighted by atomic mass is 9.97. The predicted molar refractivity (Wildman–Crippen MR) is 284 cm³/mol. The third kappa shape index (κ3) is 29.5. The number of hydrogen-bond acceptors (Lipinski definition) is 15. The second kappa shape index (κ2) is 43.8. The third-order valence-corrected chi connectivity index (χ3v) is 15.3. The van der Waals surface area contributed by atoms with E-state index < -0.39 is 111 Å². The highest BCUT2D eigenvalue weighted by molar-refractivity contribution is 5.80. The molecule has 0 aliphatic carbocycles. The van der Waals surface area contributed by atoms with Gasteiger partial charge >= 0.3 is 0 Å². The highest BCUT2D eigenvalue weighted by atomic mass is 16.8. The molecular formula is C57H111NO15. The molecule has 2 heterocycles. The van der Waals surface area contributed by atoms with Crippen LogP contribution in [0.5, 0.6) is 0 Å². The molecule has 1 amide bonds. The fraction of sp³-hybridized carbons (Fsp3) is 0.982. The van der Waals surface area contributed by atoms with E-state index in [0.29, 0.717) is 12.8 Å². The maximum absolute atomic E-state index is 13.5. The molecule has 2 rings (SSSR count). The SMILES string of the molecule is CCCCCCCCCCCCCCCCCCCCCC[C@@H](O)C(=O)N[C@@H](CO[C@H]1O[C@H](CO)[C@H](O)[C@H](O)[C@H]1O[C@H]1O[C@H](CO)[C@@H](O)[C@H](O)[C@H]1O)[C@H](O)[C@H](O)CCCCCCCCCCCCCCCCC. The normalized spacial score (nSPS) is 26.2. The van der Waals surface area contributed by atoms with E-state index in [1.54, 1.807) is 0 Å². The number of rotatable bonds is 48. The maximum Gasteiger partial charge on any atom is 0.249 e. The van der Waals surface area contributed by atoms with Gasteiger partial charge in [0.15, 0.2) is 12.6 Å². The van der Waals surface area contributed by atoms with Crippen LogP contribution in [-0.2, 0) is 23.7 Å². The second-order valence-electron chi connectivity index (χ2n) is 21.8. The van der Waals surface area contributed by atoms with Crippen LogP contribution in [0.2, 0.25) is 0 Å². The lowest BCUT2D eigenvalue weighted by Gasteiger charge is -2.46. The molecule has 2 aliphatic heterocycles. The lowest BCUT2D eigenvalue weighted by molar-refractivity contribution is -0.368. The number of aliphatic hydroxyl groups excluding tert-OH is 10. The molecule has 2 aliphatic rings. The highest BCUT2D eigenvalue weighted by Gasteiger charge is 2.51. The molecule has 16 heteroatoms. The Morgan fingerprint density at radius 2 is 0.795 bits per heavy atom. The summed E-state index contributed by atoms with van der Waals surface area (Å²) in [6.45, 7) is 2.44. The van der Waals surface area contributed by atoms with Crippen molar-refractivity contribution in [1.29, 1.82) is 0 Å². The van der Waals surface area contributed by atoms with Crippen LogP contribution in [0.15, 0.2) is 0 Å². The topological polar surface area (TPSA) is 268 Å². The number of unbranched alkanes of at least 4 members (excludes halogenated alkanes) is 33. The number of ether oxygens (including phenoxy) is 4. The zero-order valence-corrected chi connectivity index (χ0v) is 45.9. The molecule has 0 aromatic carbocycles. The monoisotopic (exact) mass is 1050 g/mol. The molecule has 0 saturated carbocycles. The summed E-state index contributed by atoms with van der Waals surface area (Å²) in [5, 5.41) is 109. The van der Waals surface area contributed by atoms with E-state index in [1.165, 1.54) is 161 Å². The van der Waals surface area contributed by atoms with Gasteiger partial charge in [-0.15, -0.1) is 0 Å². The van der Waals surface area contributed by atoms with Crippen molar-refractivity contribution < 1.29 is 74.8 Å². The van der Waals surface area contributed by atoms with Crippen molar-refractivity contribution in [2.24, 2.45) is 0 Å². The number of hydrogen-bond donors (Lipinski definition) is 11. The van der Waals surface area contributed by atoms with E-state index in [9.17, 15) is 55.9 Å². The van der Waals surface area contributed by atoms with E-state index in [-0.39, 0.29) is 12.8 Å². The van der Waals surface area contributed by atoms with E-state index in [2.05, 4.69) is 19.2 Å². The predicted octanol–water partition coefficient (Wildman–Crippen LogP) is 7.67. The molecule has 11 N–H and O–H groups in total. The van der Waals surface area contributed by atoms with Crippen LogP contribution in [0.4, 0.5) is 0 Å². The highest BCUT2D eigenvalue weighted by Crippen LogP contribution is 2.30. The van der Waals surface area contributed by atoms with Crippen LogP contribution >= 0.6 is 0 Å². The van der Waals surface area contributed by atoms with Crippen molar-refractivity contribution in [3.8, 4) is 0 Å². The summed E-state index contributed by atoms with van der Waals surface area (Å²) in [6, 6.07) is -1.31. The first-order valence-corrected chi connectivity index (χ1v) is 30.0. The molecule has 16 nitrogen and oxygen atoms in total. The largest absolute Gasteiger partial charge is 0.394 e. The van der Waals surface area contributed by atoms with Gasteiger partial charge in [-0.05, 0) is 12.8 Å². The molecule has 73 heavy (non-hydrogen) atoms. The molecule has 0 unspecified atom stereocenters. The van der Waals surface area contributed by atoms with Crippen LogP contribution in [0.3, 0.4) is 0 Å². The summed E-state index contributed by atoms with van der Waals surface area (Å²) in [6.07, 6.45) is 21.9. The zero-order valence-electron chi connectivity index (χ0n) is 45.9. The summed E-state index contributed by atoms with van der Waals surface area (Å²) in [5.41, 5.74) is 0. The molecule has 2 saturated heterocycles. The number of carbonyl (C=O) groups excluding carboxylic acids is 1. The van der Waals surface area contributed by atoms with Crippen LogP contribution in [-0.4, -0.2) is 163 Å². The molecule has 0 radical (unpaired) electrons. The van der Waals surface area contributed by atoms with Gasteiger partial charge in [0, 0.05) is 0 Å². The molecule has 2 fully saturated rings. The van der Waals surface area contributed by atoms with E-state index in [4.69, 9.17) is 18.9 Å². The first-order chi connectivity index (χ1) is 35.4. The second-order valence-corrected chi connectivity index (χ2v) is 21.8. The molecule has 434 valence electrons. The van der Waals surface area contributed by atoms with Gasteiger partial charge in [0.1, 0.15) is 61.0 Å². The van der Waals surface area contributed by atoms with Gasteiger partial charge < -0.3 is 75.3 Å². The van der Waals surface area contributed by atoms with Crippen molar-refractivity contribution in [2.45, 2.75) is 337 Å². The number of amides is 1. The Bertz CT molecular complexity index is 1270. The summed E-state index contributed by atoms with van der Waals surface area (Å²) in [5.74, 6) is -0.771. The van der Waals surface area contributed by atoms with Gasteiger partial charge in [0.05, 0.1) is 32.0 Å². The number of carbonyl (C=O) groups is 1. The zero-order chi connectivity index (χ0) is 53.5. The van der Waals surface area contributed by atoms with Crippen LogP contribution < -0.4 is 5.32 Å². The standard InChI is InChI=1S/C57H111NO15/c1-3-5-7-9-11-13-15-17-19-20-21-22-23-25-27-29-31-33-35-37-39-45(62)55(69)58-43(48(63)44(61)38-36-34-32-30-28-26-24-18-16-14-12-10-8-6-4-2)42-70-57-54(52(67)50(65)47(41-60)72-57)73-56-53(68)51(66)49(64)46(40-59)71-56/h43-54,56-57,59-68H,3-42H2,1-2H3,(H,58,69)/t43-,44+,45+,46+,47+,48-,49+,50-,51-,52-,53+,54+,56+,57-/m0/s1. The van der Waals surface area contributed by atoms with Gasteiger partial charge in [0.2, 0.25) is 5.91 Å². The number of aliphatic hydroxyl groups is 10. The first kappa shape index (κ1) is 68.0. The molecule has 0 aromatic heterocycles. The van der Waals surface area contributed by atoms with E-state index in [1.807, 2.05) is 0 Å². The third-order valence-electron chi connectivity index (χ3n) is 15.3. The molecule has 0 spiro atoms. The summed E-state index contributed by atoms with van der Waals surface area (Å²) < 4.78 is 23.0. The molecule has 0 bridgehead atoms. The lowest BCUT2D eigenvalue weighted by Crippen LogP contribution is -2.65. The Labute approximate surface area is 441 Å². The number of nitrogens with one attached hydrogen (secondary N) is 1. The van der Waals surface area contributed by atoms with Crippen LogP contribution in [0.25, 0.3) is 0 Å². The van der Waals surface area contributed by atoms with Gasteiger partial charge in [-0.1, -0.05) is 239 Å². The quantitative estimate of drug-likeness (QED) is 0.0261. The summed E-state index contributed by atoms with van der Waals surface area (Å²) >= 11 is 0. The van der Waals surface area contributed by atoms with Crippen LogP contribution in [0.1, 0.15) is 251 Å². The Morgan fingerprint density at radius 3 is 1.18 bits per heavy atom. The smallest absolute Gasteiger partial charge is 0.249 e. The Hall–Kier alpha value is -1.09. The van der Waals surface area contributed by atoms with E-state index in [0.717, 1.165) is 51.4 Å². The van der Waals surface area contributed by atoms with Gasteiger partial charge in [-0.2, -0.15) is 0 Å². The average molecular weight is 1050 g/mol. The van der Waals surface area contributed by atoms with Crippen molar-refractivity contribution in [3.63, 3.8) is 0 Å². The maximum atomic E-state index is 13.5. The van der Waals surface area contributed by atoms with Gasteiger partial charge in [-0.25, -0.2) is 0 Å². The fourth-order valence-corrected chi connectivity index (χ4v) is 10.3. The van der Waals surface area contributed by atoms with E-state index >= 15 is 0 Å². The fourth-order valence-electron chi connectivity index (χ4n) is 10.3. The average Bonchev–Trinajstić information content (AvgIpc) is 3.39. The Kier molecular flexibility index (Phi) is 40.9. The minimum absolute atomic E-state index is 0.194. The molecule has 14 atom stereocenters. The summed E-state index contributed by atoms with van der Waals surface area (Å²) in [7, 11) is 0. The first-order valence-electron chi connectivity index (χ1n) is 30.0.